The van der Waals surface area contributed by atoms with Gasteiger partial charge in [0, 0.05) is 3.57 Å². The number of nitrogens with one attached hydrogen (secondary N) is 1. The summed E-state index contributed by atoms with van der Waals surface area (Å²) < 4.78 is 64.8. The van der Waals surface area contributed by atoms with Gasteiger partial charge in [-0.05, 0) is 65.4 Å². The summed E-state index contributed by atoms with van der Waals surface area (Å²) in [7, 11) is -4.12. The highest BCUT2D eigenvalue weighted by molar-refractivity contribution is 14.1. The van der Waals surface area contributed by atoms with E-state index in [0.717, 1.165) is 27.5 Å². The summed E-state index contributed by atoms with van der Waals surface area (Å²) in [6, 6.07) is 9.51. The highest BCUT2D eigenvalue weighted by Gasteiger charge is 2.33. The normalized spacial score (nSPS) is 12.6. The van der Waals surface area contributed by atoms with Crippen LogP contribution in [0, 0.1) is 3.57 Å². The average molecular weight is 574 g/mol. The fourth-order valence-electron chi connectivity index (χ4n) is 2.35. The van der Waals surface area contributed by atoms with E-state index in [1.807, 2.05) is 12.1 Å². The molecule has 0 spiro atoms. The molecule has 0 atom stereocenters. The van der Waals surface area contributed by atoms with Gasteiger partial charge in [0.1, 0.15) is 6.54 Å². The molecule has 0 aliphatic rings. The lowest BCUT2D eigenvalue weighted by atomic mass is 10.1. The minimum Gasteiger partial charge on any atom is -0.271 e. The lowest BCUT2D eigenvalue weighted by Crippen LogP contribution is -2.39. The van der Waals surface area contributed by atoms with Crippen LogP contribution >= 0.6 is 34.2 Å². The van der Waals surface area contributed by atoms with Crippen LogP contribution in [0.3, 0.4) is 0 Å². The Morgan fingerprint density at radius 3 is 2.47 bits per heavy atom. The molecular weight excluding hydrogens is 558 g/mol. The molecule has 1 amide bonds. The van der Waals surface area contributed by atoms with Crippen LogP contribution in [0.2, 0.25) is 5.02 Å². The Morgan fingerprint density at radius 2 is 1.90 bits per heavy atom. The van der Waals surface area contributed by atoms with E-state index >= 15 is 0 Å². The first-order valence-corrected chi connectivity index (χ1v) is 11.5. The molecular formula is C18H16ClF3IN3O3S. The number of alkyl halides is 3. The van der Waals surface area contributed by atoms with E-state index in [1.54, 1.807) is 19.1 Å². The van der Waals surface area contributed by atoms with E-state index in [0.29, 0.717) is 16.1 Å². The van der Waals surface area contributed by atoms with Crippen LogP contribution in [0.15, 0.2) is 47.6 Å². The fraction of sp³-hybridized carbons (Fsp3) is 0.222. The van der Waals surface area contributed by atoms with E-state index in [-0.39, 0.29) is 5.02 Å². The number of anilines is 1. The standard InChI is InChI=1S/C18H16ClF3IN3O3S/c1-11(12-4-3-5-14(23)8-12)24-25-17(27)10-26(30(2,28)29)16-9-13(18(20,21)22)6-7-15(16)19/h3-9H,10H2,1-2H3,(H,25,27)/b24-11-. The Hall–Kier alpha value is -1.86. The van der Waals surface area contributed by atoms with Crippen molar-refractivity contribution in [3.05, 3.63) is 62.2 Å². The van der Waals surface area contributed by atoms with E-state index in [4.69, 9.17) is 11.6 Å². The van der Waals surface area contributed by atoms with E-state index < -0.39 is 39.9 Å². The lowest BCUT2D eigenvalue weighted by molar-refractivity contribution is -0.137. The molecule has 0 bridgehead atoms. The SMILES string of the molecule is C/C(=N/NC(=O)CN(c1cc(C(F)(F)F)ccc1Cl)S(C)(=O)=O)c1cccc(I)c1. The summed E-state index contributed by atoms with van der Waals surface area (Å²) in [4.78, 5) is 12.3. The lowest BCUT2D eigenvalue weighted by Gasteiger charge is -2.23. The minimum atomic E-state index is -4.71. The number of amides is 1. The van der Waals surface area contributed by atoms with Gasteiger partial charge in [-0.15, -0.1) is 0 Å². The summed E-state index contributed by atoms with van der Waals surface area (Å²) in [5, 5.41) is 3.67. The highest BCUT2D eigenvalue weighted by Crippen LogP contribution is 2.36. The van der Waals surface area contributed by atoms with Gasteiger partial charge in [-0.3, -0.25) is 9.10 Å². The molecule has 0 aliphatic carbocycles. The van der Waals surface area contributed by atoms with Crippen LogP contribution in [-0.4, -0.2) is 32.8 Å². The third-order valence-corrected chi connectivity index (χ3v) is 5.94. The molecule has 2 rings (SSSR count). The van der Waals surface area contributed by atoms with Crippen molar-refractivity contribution in [1.82, 2.24) is 5.43 Å². The molecule has 0 heterocycles. The number of hydrogen-bond acceptors (Lipinski definition) is 4. The first-order valence-electron chi connectivity index (χ1n) is 8.22. The van der Waals surface area contributed by atoms with Crippen molar-refractivity contribution in [2.45, 2.75) is 13.1 Å². The Balaban J connectivity index is 2.28. The smallest absolute Gasteiger partial charge is 0.271 e. The van der Waals surface area contributed by atoms with Crippen LogP contribution in [-0.2, 0) is 21.0 Å². The Morgan fingerprint density at radius 1 is 1.23 bits per heavy atom. The van der Waals surface area contributed by atoms with Gasteiger partial charge in [0.25, 0.3) is 5.91 Å². The molecule has 162 valence electrons. The van der Waals surface area contributed by atoms with Gasteiger partial charge in [-0.1, -0.05) is 23.7 Å². The molecule has 0 radical (unpaired) electrons. The van der Waals surface area contributed by atoms with Crippen molar-refractivity contribution in [3.63, 3.8) is 0 Å². The van der Waals surface area contributed by atoms with Crippen LogP contribution < -0.4 is 9.73 Å². The summed E-state index contributed by atoms with van der Waals surface area (Å²) in [6.45, 7) is 0.840. The maximum Gasteiger partial charge on any atom is 0.416 e. The van der Waals surface area contributed by atoms with Crippen molar-refractivity contribution in [2.24, 2.45) is 5.10 Å². The summed E-state index contributed by atoms with van der Waals surface area (Å²) in [5.41, 5.74) is 1.86. The van der Waals surface area contributed by atoms with Gasteiger partial charge >= 0.3 is 6.18 Å². The van der Waals surface area contributed by atoms with Crippen LogP contribution in [0.5, 0.6) is 0 Å². The molecule has 0 aliphatic heterocycles. The molecule has 30 heavy (non-hydrogen) atoms. The van der Waals surface area contributed by atoms with E-state index in [1.165, 1.54) is 0 Å². The number of rotatable bonds is 6. The van der Waals surface area contributed by atoms with Crippen molar-refractivity contribution in [3.8, 4) is 0 Å². The van der Waals surface area contributed by atoms with E-state index in [9.17, 15) is 26.4 Å². The van der Waals surface area contributed by atoms with Crippen LogP contribution in [0.4, 0.5) is 18.9 Å². The van der Waals surface area contributed by atoms with E-state index in [2.05, 4.69) is 33.1 Å². The first kappa shape index (κ1) is 24.4. The molecule has 2 aromatic rings. The maximum absolute atomic E-state index is 13.0. The number of carbonyl (C=O) groups excluding carboxylic acids is 1. The van der Waals surface area contributed by atoms with Gasteiger partial charge in [0.2, 0.25) is 10.0 Å². The number of hydrogen-bond donors (Lipinski definition) is 1. The molecule has 0 unspecified atom stereocenters. The zero-order valence-electron chi connectivity index (χ0n) is 15.7. The Kier molecular flexibility index (Phi) is 7.74. The summed E-state index contributed by atoms with van der Waals surface area (Å²) in [5.74, 6) is -0.848. The topological polar surface area (TPSA) is 78.8 Å². The largest absolute Gasteiger partial charge is 0.416 e. The third-order valence-electron chi connectivity index (χ3n) is 3.82. The highest BCUT2D eigenvalue weighted by atomic mass is 127. The molecule has 1 N–H and O–H groups in total. The molecule has 12 heteroatoms. The van der Waals surface area contributed by atoms with Gasteiger partial charge in [-0.25, -0.2) is 13.8 Å². The zero-order valence-corrected chi connectivity index (χ0v) is 19.4. The second-order valence-electron chi connectivity index (χ2n) is 6.18. The minimum absolute atomic E-state index is 0.250. The number of carbonyl (C=O) groups is 1. The third kappa shape index (κ3) is 6.57. The summed E-state index contributed by atoms with van der Waals surface area (Å²) in [6.07, 6.45) is -3.95. The molecule has 0 saturated carbocycles. The Labute approximate surface area is 190 Å². The first-order chi connectivity index (χ1) is 13.8. The summed E-state index contributed by atoms with van der Waals surface area (Å²) >= 11 is 8.03. The maximum atomic E-state index is 13.0. The molecule has 0 saturated heterocycles. The molecule has 6 nitrogen and oxygen atoms in total. The number of benzene rings is 2. The second-order valence-corrected chi connectivity index (χ2v) is 9.74. The van der Waals surface area contributed by atoms with Gasteiger partial charge in [-0.2, -0.15) is 18.3 Å². The molecule has 2 aromatic carbocycles. The number of hydrazone groups is 1. The van der Waals surface area contributed by atoms with Gasteiger partial charge in [0.05, 0.1) is 28.2 Å². The van der Waals surface area contributed by atoms with Crippen LogP contribution in [0.25, 0.3) is 0 Å². The molecule has 0 fully saturated rings. The number of sulfonamides is 1. The monoisotopic (exact) mass is 573 g/mol. The predicted molar refractivity (Wildman–Crippen MR) is 118 cm³/mol. The van der Waals surface area contributed by atoms with Crippen molar-refractivity contribution >= 4 is 61.5 Å². The van der Waals surface area contributed by atoms with Crippen LogP contribution in [0.1, 0.15) is 18.1 Å². The zero-order chi connectivity index (χ0) is 22.7. The quantitative estimate of drug-likeness (QED) is 0.319. The van der Waals surface area contributed by atoms with Gasteiger partial charge < -0.3 is 0 Å². The van der Waals surface area contributed by atoms with Crippen molar-refractivity contribution in [2.75, 3.05) is 17.1 Å². The Bertz CT molecular complexity index is 1090. The molecule has 0 aromatic heterocycles. The second kappa shape index (κ2) is 9.52. The van der Waals surface area contributed by atoms with Crippen molar-refractivity contribution < 1.29 is 26.4 Å². The number of halogens is 5. The van der Waals surface area contributed by atoms with Gasteiger partial charge in [0.15, 0.2) is 0 Å². The number of nitrogens with zero attached hydrogens (tertiary/aromatic N) is 2. The average Bonchev–Trinajstić information content (AvgIpc) is 2.63. The predicted octanol–water partition coefficient (Wildman–Crippen LogP) is 4.27. The van der Waals surface area contributed by atoms with Crippen molar-refractivity contribution in [1.29, 1.82) is 0 Å². The fourth-order valence-corrected chi connectivity index (χ4v) is 4.02.